The average Bonchev–Trinajstić information content (AvgIpc) is 3.68. The van der Waals surface area contributed by atoms with Gasteiger partial charge in [-0.15, -0.1) is 0 Å². The fourth-order valence-electron chi connectivity index (χ4n) is 5.04. The number of carbonyl (C=O) groups excluding carboxylic acids is 3. The summed E-state index contributed by atoms with van der Waals surface area (Å²) in [6, 6.07) is 0. The summed E-state index contributed by atoms with van der Waals surface area (Å²) in [6.07, 6.45) is -2.54. The number of nitrogens with two attached hydrogens (primary N) is 1. The van der Waals surface area contributed by atoms with E-state index < -0.39 is 42.6 Å². The van der Waals surface area contributed by atoms with Gasteiger partial charge in [-0.2, -0.15) is 0 Å². The van der Waals surface area contributed by atoms with Gasteiger partial charge in [0.25, 0.3) is 11.8 Å². The number of anilines is 1. The molecule has 2 unspecified atom stereocenters. The average molecular weight is 587 g/mol. The van der Waals surface area contributed by atoms with Crippen LogP contribution in [0.2, 0.25) is 0 Å². The van der Waals surface area contributed by atoms with Gasteiger partial charge in [-0.25, -0.2) is 19.7 Å². The molecule has 0 aromatic carbocycles. The van der Waals surface area contributed by atoms with Crippen LogP contribution in [0.15, 0.2) is 6.33 Å². The second kappa shape index (κ2) is 13.8. The molecular formula is C27H38N8O7. The highest BCUT2D eigenvalue weighted by Crippen LogP contribution is 2.32. The van der Waals surface area contributed by atoms with E-state index in [0.717, 1.165) is 12.8 Å². The van der Waals surface area contributed by atoms with Crippen LogP contribution in [0.3, 0.4) is 0 Å². The lowest BCUT2D eigenvalue weighted by molar-refractivity contribution is -0.137. The molecule has 5 heterocycles. The molecule has 5 atom stereocenters. The van der Waals surface area contributed by atoms with Crippen molar-refractivity contribution in [2.45, 2.75) is 77.1 Å². The number of aliphatic hydroxyl groups is 2. The number of aromatic nitrogens is 4. The zero-order chi connectivity index (χ0) is 30.4. The number of fused-ring (bicyclic) bond motifs is 1. The highest BCUT2D eigenvalue weighted by atomic mass is 16.6. The smallest absolute Gasteiger partial charge is 0.410 e. The van der Waals surface area contributed by atoms with Gasteiger partial charge in [-0.3, -0.25) is 14.2 Å². The number of nitrogens with one attached hydrogen (secondary N) is 2. The molecule has 15 heteroatoms. The number of imidazole rings is 1. The first-order valence-electron chi connectivity index (χ1n) is 14.3. The van der Waals surface area contributed by atoms with Crippen molar-refractivity contribution in [3.63, 3.8) is 0 Å². The fourth-order valence-corrected chi connectivity index (χ4v) is 5.04. The van der Waals surface area contributed by atoms with Crippen LogP contribution in [0, 0.1) is 17.8 Å². The molecule has 3 aliphatic heterocycles. The Morgan fingerprint density at radius 1 is 1.21 bits per heavy atom. The summed E-state index contributed by atoms with van der Waals surface area (Å²) in [5.41, 5.74) is 6.60. The Labute approximate surface area is 243 Å². The number of likely N-dealkylation sites (N-methyl/N-ethyl adjacent to an activating group) is 1. The van der Waals surface area contributed by atoms with Gasteiger partial charge in [0.2, 0.25) is 5.82 Å². The van der Waals surface area contributed by atoms with E-state index in [-0.39, 0.29) is 34.6 Å². The van der Waals surface area contributed by atoms with Crippen LogP contribution in [0.1, 0.15) is 58.5 Å². The highest BCUT2D eigenvalue weighted by Gasteiger charge is 2.47. The third kappa shape index (κ3) is 6.56. The number of likely N-dealkylation sites (tertiary alicyclic amines) is 1. The first-order valence-corrected chi connectivity index (χ1v) is 14.3. The van der Waals surface area contributed by atoms with Crippen LogP contribution in [0.5, 0.6) is 0 Å². The molecule has 2 aromatic heterocycles. The van der Waals surface area contributed by atoms with E-state index in [1.54, 1.807) is 11.8 Å². The molecule has 15 nitrogen and oxygen atoms in total. The Morgan fingerprint density at radius 2 is 1.95 bits per heavy atom. The second-order valence-electron chi connectivity index (χ2n) is 9.97. The fraction of sp³-hybridized carbons (Fsp3) is 0.630. The molecule has 228 valence electrons. The highest BCUT2D eigenvalue weighted by molar-refractivity contribution is 5.85. The van der Waals surface area contributed by atoms with Crippen molar-refractivity contribution in [3.05, 3.63) is 12.2 Å². The van der Waals surface area contributed by atoms with Crippen molar-refractivity contribution >= 4 is 34.9 Å². The van der Waals surface area contributed by atoms with Crippen LogP contribution in [-0.2, 0) is 19.1 Å². The lowest BCUT2D eigenvalue weighted by Gasteiger charge is -2.31. The summed E-state index contributed by atoms with van der Waals surface area (Å²) in [5, 5.41) is 26.2. The van der Waals surface area contributed by atoms with Crippen LogP contribution >= 0.6 is 0 Å². The predicted octanol–water partition coefficient (Wildman–Crippen LogP) is -0.331. The second-order valence-corrected chi connectivity index (χ2v) is 9.97. The van der Waals surface area contributed by atoms with Crippen LogP contribution in [0.25, 0.3) is 11.2 Å². The van der Waals surface area contributed by atoms with E-state index in [9.17, 15) is 24.6 Å². The van der Waals surface area contributed by atoms with Gasteiger partial charge in [0, 0.05) is 39.0 Å². The van der Waals surface area contributed by atoms with Crippen molar-refractivity contribution in [1.29, 1.82) is 0 Å². The first kappa shape index (κ1) is 30.9. The van der Waals surface area contributed by atoms with Crippen molar-refractivity contribution in [1.82, 2.24) is 35.1 Å². The number of hydrogen-bond acceptors (Lipinski definition) is 11. The van der Waals surface area contributed by atoms with E-state index in [1.807, 2.05) is 13.8 Å². The quantitative estimate of drug-likeness (QED) is 0.287. The van der Waals surface area contributed by atoms with Crippen LogP contribution in [-0.4, -0.2) is 103 Å². The summed E-state index contributed by atoms with van der Waals surface area (Å²) in [4.78, 5) is 50.7. The van der Waals surface area contributed by atoms with Gasteiger partial charge < -0.3 is 41.0 Å². The minimum absolute atomic E-state index is 0.0872. The molecule has 0 radical (unpaired) electrons. The Balaban J connectivity index is 0.00000198. The maximum Gasteiger partial charge on any atom is 0.410 e. The zero-order valence-electron chi connectivity index (χ0n) is 23.9. The lowest BCUT2D eigenvalue weighted by atomic mass is 9.94. The maximum atomic E-state index is 12.4. The number of carbonyl (C=O) groups is 3. The SMILES string of the molecule is CC.CCNC(=O)[C@H]1O[C@@H](n2cnc3c(N)nc(C#CCC4CCN(C(=O)OC5CCNC5=O)CC4)nc32)[C@@H](O)C1O. The molecule has 3 aliphatic rings. The van der Waals surface area contributed by atoms with Gasteiger partial charge in [0.15, 0.2) is 29.9 Å². The normalized spacial score (nSPS) is 25.7. The van der Waals surface area contributed by atoms with E-state index in [0.29, 0.717) is 39.0 Å². The summed E-state index contributed by atoms with van der Waals surface area (Å²) in [5.74, 6) is 5.71. The largest absolute Gasteiger partial charge is 0.436 e. The number of piperidine rings is 1. The topological polar surface area (TPSA) is 207 Å². The van der Waals surface area contributed by atoms with Gasteiger partial charge in [0.1, 0.15) is 17.7 Å². The molecule has 3 saturated heterocycles. The Bertz CT molecular complexity index is 1350. The molecule has 3 fully saturated rings. The number of aliphatic hydroxyl groups excluding tert-OH is 2. The number of nitrogens with zero attached hydrogens (tertiary/aromatic N) is 5. The van der Waals surface area contributed by atoms with Crippen molar-refractivity contribution in [2.24, 2.45) is 5.92 Å². The minimum Gasteiger partial charge on any atom is -0.436 e. The van der Waals surface area contributed by atoms with E-state index >= 15 is 0 Å². The Hall–Kier alpha value is -4.00. The number of hydrogen-bond donors (Lipinski definition) is 5. The van der Waals surface area contributed by atoms with E-state index in [4.69, 9.17) is 15.2 Å². The third-order valence-corrected chi connectivity index (χ3v) is 7.28. The standard InChI is InChI=1S/C25H32N8O7.C2H6/c1-2-27-23(37)19-17(34)18(35)24(40-19)33-12-29-16-20(26)30-15(31-21(16)33)5-3-4-13-7-10-32(11-8-13)25(38)39-14-6-9-28-22(14)36;1-2/h12-14,17-19,24,34-35H,2,4,6-11H2,1H3,(H,27,37)(H,28,36)(H2,26,30,31);1-2H3/t14?,17?,18-,19-,24+;/m0./s1. The molecular weight excluding hydrogens is 548 g/mol. The Kier molecular flexibility index (Phi) is 10.2. The monoisotopic (exact) mass is 586 g/mol. The summed E-state index contributed by atoms with van der Waals surface area (Å²) in [7, 11) is 0. The van der Waals surface area contributed by atoms with Crippen LogP contribution in [0.4, 0.5) is 10.6 Å². The van der Waals surface area contributed by atoms with Crippen molar-refractivity contribution < 1.29 is 34.1 Å². The zero-order valence-corrected chi connectivity index (χ0v) is 23.9. The summed E-state index contributed by atoms with van der Waals surface area (Å²) < 4.78 is 12.4. The molecule has 6 N–H and O–H groups in total. The third-order valence-electron chi connectivity index (χ3n) is 7.28. The number of rotatable bonds is 5. The molecule has 0 spiro atoms. The molecule has 0 bridgehead atoms. The van der Waals surface area contributed by atoms with Crippen LogP contribution < -0.4 is 16.4 Å². The van der Waals surface area contributed by atoms with Crippen molar-refractivity contribution in [3.8, 4) is 11.8 Å². The molecule has 0 saturated carbocycles. The summed E-state index contributed by atoms with van der Waals surface area (Å²) in [6.45, 7) is 7.62. The molecule has 0 aliphatic carbocycles. The minimum atomic E-state index is -1.44. The first-order chi connectivity index (χ1) is 20.3. The number of nitrogen functional groups attached to an aromatic ring is 1. The molecule has 2 aromatic rings. The lowest BCUT2D eigenvalue weighted by Crippen LogP contribution is -2.42. The Morgan fingerprint density at radius 3 is 2.62 bits per heavy atom. The van der Waals surface area contributed by atoms with E-state index in [2.05, 4.69) is 37.4 Å². The van der Waals surface area contributed by atoms with Gasteiger partial charge >= 0.3 is 6.09 Å². The predicted molar refractivity (Wildman–Crippen MR) is 149 cm³/mol. The molecule has 3 amide bonds. The van der Waals surface area contributed by atoms with Crippen molar-refractivity contribution in [2.75, 3.05) is 31.9 Å². The van der Waals surface area contributed by atoms with Gasteiger partial charge in [-0.05, 0) is 31.6 Å². The number of amides is 3. The summed E-state index contributed by atoms with van der Waals surface area (Å²) >= 11 is 0. The molecule has 5 rings (SSSR count). The molecule has 42 heavy (non-hydrogen) atoms. The van der Waals surface area contributed by atoms with E-state index in [1.165, 1.54) is 10.9 Å². The van der Waals surface area contributed by atoms with Gasteiger partial charge in [-0.1, -0.05) is 19.8 Å². The maximum absolute atomic E-state index is 12.4. The number of ether oxygens (including phenoxy) is 2. The van der Waals surface area contributed by atoms with Gasteiger partial charge in [0.05, 0.1) is 6.33 Å².